The number of fused-ring (bicyclic) bond motifs is 1. The number of hydrogen-bond donors (Lipinski definition) is 1. The lowest BCUT2D eigenvalue weighted by Gasteiger charge is -2.12. The lowest BCUT2D eigenvalue weighted by molar-refractivity contribution is 0.102. The summed E-state index contributed by atoms with van der Waals surface area (Å²) >= 11 is 1.53. The number of carbonyl (C=O) groups excluding carboxylic acids is 1. The number of benzene rings is 2. The first-order valence-corrected chi connectivity index (χ1v) is 9.76. The molecule has 29 heavy (non-hydrogen) atoms. The summed E-state index contributed by atoms with van der Waals surface area (Å²) in [4.78, 5) is 22.8. The van der Waals surface area contributed by atoms with Gasteiger partial charge >= 0.3 is 0 Å². The number of aromatic nitrogens is 2. The van der Waals surface area contributed by atoms with Crippen molar-refractivity contribution in [3.05, 3.63) is 65.9 Å². The maximum atomic E-state index is 12.8. The Bertz CT molecular complexity index is 1150. The van der Waals surface area contributed by atoms with Crippen LogP contribution in [0.3, 0.4) is 0 Å². The van der Waals surface area contributed by atoms with Crippen LogP contribution in [0.5, 0.6) is 11.5 Å². The highest BCUT2D eigenvalue weighted by Gasteiger charge is 2.15. The first-order valence-electron chi connectivity index (χ1n) is 8.95. The molecule has 0 unspecified atom stereocenters. The molecule has 2 heterocycles. The number of hydrogen-bond acceptors (Lipinski definition) is 6. The van der Waals surface area contributed by atoms with E-state index in [0.717, 1.165) is 32.2 Å². The fourth-order valence-electron chi connectivity index (χ4n) is 3.02. The number of nitrogens with one attached hydrogen (secondary N) is 1. The molecule has 0 aliphatic heterocycles. The number of amides is 1. The van der Waals surface area contributed by atoms with E-state index in [9.17, 15) is 4.79 Å². The van der Waals surface area contributed by atoms with Gasteiger partial charge in [0, 0.05) is 29.1 Å². The molecule has 0 saturated heterocycles. The number of anilines is 1. The van der Waals surface area contributed by atoms with Crippen molar-refractivity contribution in [2.45, 2.75) is 6.92 Å². The molecule has 0 fully saturated rings. The molecule has 0 atom stereocenters. The van der Waals surface area contributed by atoms with Gasteiger partial charge < -0.3 is 14.8 Å². The number of pyridine rings is 1. The maximum absolute atomic E-state index is 12.8. The minimum atomic E-state index is -0.242. The van der Waals surface area contributed by atoms with Crippen LogP contribution in [0.25, 0.3) is 20.9 Å². The van der Waals surface area contributed by atoms with E-state index in [2.05, 4.69) is 15.3 Å². The first-order chi connectivity index (χ1) is 14.1. The Kier molecular flexibility index (Phi) is 5.14. The maximum Gasteiger partial charge on any atom is 0.255 e. The van der Waals surface area contributed by atoms with Crippen LogP contribution in [0, 0.1) is 6.92 Å². The molecule has 2 aromatic carbocycles. The zero-order valence-electron chi connectivity index (χ0n) is 16.2. The second kappa shape index (κ2) is 7.89. The average molecular weight is 405 g/mol. The summed E-state index contributed by atoms with van der Waals surface area (Å²) in [5.41, 5.74) is 3.95. The Hall–Kier alpha value is -3.45. The smallest absolute Gasteiger partial charge is 0.255 e. The van der Waals surface area contributed by atoms with Gasteiger partial charge in [-0.25, -0.2) is 9.97 Å². The number of carbonyl (C=O) groups is 1. The minimum Gasteiger partial charge on any atom is -0.497 e. The van der Waals surface area contributed by atoms with Crippen molar-refractivity contribution in [1.82, 2.24) is 9.97 Å². The Labute approximate surface area is 172 Å². The predicted molar refractivity (Wildman–Crippen MR) is 115 cm³/mol. The summed E-state index contributed by atoms with van der Waals surface area (Å²) in [5.74, 6) is 0.873. The Morgan fingerprint density at radius 2 is 1.79 bits per heavy atom. The molecule has 1 amide bonds. The van der Waals surface area contributed by atoms with E-state index in [0.29, 0.717) is 17.1 Å². The largest absolute Gasteiger partial charge is 0.497 e. The molecule has 7 heteroatoms. The van der Waals surface area contributed by atoms with Gasteiger partial charge in [-0.1, -0.05) is 23.5 Å². The molecule has 4 aromatic rings. The van der Waals surface area contributed by atoms with E-state index in [1.807, 2.05) is 37.3 Å². The molecule has 146 valence electrons. The van der Waals surface area contributed by atoms with Gasteiger partial charge in [0.1, 0.15) is 26.9 Å². The minimum absolute atomic E-state index is 0.242. The van der Waals surface area contributed by atoms with Crippen LogP contribution in [-0.4, -0.2) is 30.1 Å². The number of thiazole rings is 1. The van der Waals surface area contributed by atoms with Gasteiger partial charge in [-0.3, -0.25) is 4.79 Å². The van der Waals surface area contributed by atoms with Crippen molar-refractivity contribution in [2.75, 3.05) is 19.5 Å². The normalized spacial score (nSPS) is 10.7. The summed E-state index contributed by atoms with van der Waals surface area (Å²) in [6.45, 7) is 1.97. The predicted octanol–water partition coefficient (Wildman–Crippen LogP) is 4.94. The average Bonchev–Trinajstić information content (AvgIpc) is 3.18. The van der Waals surface area contributed by atoms with Crippen LogP contribution < -0.4 is 14.8 Å². The molecular formula is C22H19N3O3S. The monoisotopic (exact) mass is 405 g/mol. The third-order valence-corrected chi connectivity index (χ3v) is 5.60. The second-order valence-corrected chi connectivity index (χ2v) is 7.36. The standard InChI is InChI=1S/C22H19N3O3S/c1-13-17(21-25-19-8-5-9-23-22(19)29-21)6-4-7-18(13)24-20(26)14-10-15(27-2)12-16(11-14)28-3/h4-12H,1-3H3,(H,24,26). The van der Waals surface area contributed by atoms with Crippen LogP contribution in [0.2, 0.25) is 0 Å². The lowest BCUT2D eigenvalue weighted by Crippen LogP contribution is -2.13. The number of nitrogens with zero attached hydrogens (tertiary/aromatic N) is 2. The second-order valence-electron chi connectivity index (χ2n) is 6.38. The van der Waals surface area contributed by atoms with Gasteiger partial charge in [0.2, 0.25) is 0 Å². The summed E-state index contributed by atoms with van der Waals surface area (Å²) in [5, 5.41) is 3.85. The zero-order valence-corrected chi connectivity index (χ0v) is 17.0. The van der Waals surface area contributed by atoms with Gasteiger partial charge in [-0.2, -0.15) is 0 Å². The number of rotatable bonds is 5. The summed E-state index contributed by atoms with van der Waals surface area (Å²) in [6.07, 6.45) is 1.76. The third-order valence-electron chi connectivity index (χ3n) is 4.59. The van der Waals surface area contributed by atoms with Crippen molar-refractivity contribution in [1.29, 1.82) is 0 Å². The molecular weight excluding hydrogens is 386 g/mol. The Balaban J connectivity index is 1.66. The molecule has 2 aromatic heterocycles. The fourth-order valence-corrected chi connectivity index (χ4v) is 4.01. The van der Waals surface area contributed by atoms with E-state index < -0.39 is 0 Å². The van der Waals surface area contributed by atoms with Crippen LogP contribution in [0.15, 0.2) is 54.7 Å². The Morgan fingerprint density at radius 1 is 1.03 bits per heavy atom. The van der Waals surface area contributed by atoms with E-state index >= 15 is 0 Å². The molecule has 0 aliphatic rings. The molecule has 0 aliphatic carbocycles. The number of methoxy groups -OCH3 is 2. The van der Waals surface area contributed by atoms with Crippen molar-refractivity contribution in [3.63, 3.8) is 0 Å². The van der Waals surface area contributed by atoms with Gasteiger partial charge in [0.25, 0.3) is 5.91 Å². The van der Waals surface area contributed by atoms with Gasteiger partial charge in [0.05, 0.1) is 14.2 Å². The highest BCUT2D eigenvalue weighted by atomic mass is 32.1. The zero-order chi connectivity index (χ0) is 20.4. The third kappa shape index (κ3) is 3.77. The Morgan fingerprint density at radius 3 is 2.48 bits per heavy atom. The van der Waals surface area contributed by atoms with Gasteiger partial charge in [0.15, 0.2) is 0 Å². The van der Waals surface area contributed by atoms with Gasteiger partial charge in [-0.15, -0.1) is 0 Å². The highest BCUT2D eigenvalue weighted by Crippen LogP contribution is 2.34. The summed E-state index contributed by atoms with van der Waals surface area (Å²) in [7, 11) is 3.11. The molecule has 0 saturated carbocycles. The van der Waals surface area contributed by atoms with Crippen molar-refractivity contribution in [2.24, 2.45) is 0 Å². The molecule has 0 bridgehead atoms. The van der Waals surface area contributed by atoms with Crippen molar-refractivity contribution >= 4 is 33.3 Å². The molecule has 6 nitrogen and oxygen atoms in total. The molecule has 1 N–H and O–H groups in total. The van der Waals surface area contributed by atoms with Crippen LogP contribution in [0.4, 0.5) is 5.69 Å². The molecule has 0 spiro atoms. The lowest BCUT2D eigenvalue weighted by atomic mass is 10.1. The molecule has 4 rings (SSSR count). The van der Waals surface area contributed by atoms with Crippen LogP contribution in [0.1, 0.15) is 15.9 Å². The quantitative estimate of drug-likeness (QED) is 0.509. The first kappa shape index (κ1) is 18.9. The van der Waals surface area contributed by atoms with E-state index in [1.54, 1.807) is 38.6 Å². The summed E-state index contributed by atoms with van der Waals surface area (Å²) < 4.78 is 10.5. The van der Waals surface area contributed by atoms with Crippen LogP contribution >= 0.6 is 11.3 Å². The van der Waals surface area contributed by atoms with Crippen molar-refractivity contribution < 1.29 is 14.3 Å². The van der Waals surface area contributed by atoms with E-state index in [1.165, 1.54) is 11.3 Å². The van der Waals surface area contributed by atoms with Crippen LogP contribution in [-0.2, 0) is 0 Å². The topological polar surface area (TPSA) is 73.3 Å². The summed E-state index contributed by atoms with van der Waals surface area (Å²) in [6, 6.07) is 14.7. The highest BCUT2D eigenvalue weighted by molar-refractivity contribution is 7.21. The van der Waals surface area contributed by atoms with Gasteiger partial charge in [-0.05, 0) is 42.8 Å². The van der Waals surface area contributed by atoms with Crippen molar-refractivity contribution in [3.8, 4) is 22.1 Å². The van der Waals surface area contributed by atoms with E-state index in [4.69, 9.17) is 9.47 Å². The number of ether oxygens (including phenoxy) is 2. The SMILES string of the molecule is COc1cc(OC)cc(C(=O)Nc2cccc(-c3nc4cccnc4s3)c2C)c1. The molecule has 0 radical (unpaired) electrons. The fraction of sp³-hybridized carbons (Fsp3) is 0.136. The van der Waals surface area contributed by atoms with E-state index in [-0.39, 0.29) is 5.91 Å².